The lowest BCUT2D eigenvalue weighted by Gasteiger charge is -2.36. The fraction of sp³-hybridized carbons (Fsp3) is 0.400. The maximum atomic E-state index is 12.6. The van der Waals surface area contributed by atoms with E-state index in [4.69, 9.17) is 10.2 Å². The highest BCUT2D eigenvalue weighted by molar-refractivity contribution is 5.96. The summed E-state index contributed by atoms with van der Waals surface area (Å²) in [4.78, 5) is 33.8. The first-order valence-corrected chi connectivity index (χ1v) is 7.41. The average molecular weight is 317 g/mol. The first-order chi connectivity index (χ1) is 11.0. The predicted molar refractivity (Wildman–Crippen MR) is 85.6 cm³/mol. The van der Waals surface area contributed by atoms with Crippen LogP contribution in [0.1, 0.15) is 21.7 Å². The number of nitrogen functional groups attached to an aromatic ring is 1. The fourth-order valence-corrected chi connectivity index (χ4v) is 2.85. The Hall–Kier alpha value is -2.77. The molecule has 23 heavy (non-hydrogen) atoms. The summed E-state index contributed by atoms with van der Waals surface area (Å²) < 4.78 is 5.31. The van der Waals surface area contributed by atoms with Crippen molar-refractivity contribution in [2.24, 2.45) is 0 Å². The molecule has 1 aliphatic rings. The van der Waals surface area contributed by atoms with Gasteiger partial charge in [-0.3, -0.25) is 9.78 Å². The van der Waals surface area contributed by atoms with E-state index in [0.29, 0.717) is 49.0 Å². The molecule has 8 heteroatoms. The van der Waals surface area contributed by atoms with E-state index in [1.54, 1.807) is 18.1 Å². The summed E-state index contributed by atoms with van der Waals surface area (Å²) in [6, 6.07) is 0. The number of nitrogens with one attached hydrogen (secondary N) is 1. The van der Waals surface area contributed by atoms with Gasteiger partial charge in [0.05, 0.1) is 23.7 Å². The highest BCUT2D eigenvalue weighted by atomic mass is 16.3. The molecule has 0 atom stereocenters. The standard InChI is InChI=1S/C15H19N5O3/c1-9-8-23-10(2)12(9)14(21)20-5-3-19(4-6-20)11-7-17-15(22)18-13(11)16/h7-8H,3-6H2,1-2H3,(H3,16,17,18,22). The number of hydrogen-bond acceptors (Lipinski definition) is 6. The van der Waals surface area contributed by atoms with Crippen LogP contribution in [0.25, 0.3) is 0 Å². The van der Waals surface area contributed by atoms with Gasteiger partial charge in [0.15, 0.2) is 0 Å². The minimum absolute atomic E-state index is 0.0130. The number of furan rings is 1. The summed E-state index contributed by atoms with van der Waals surface area (Å²) in [6.07, 6.45) is 3.07. The molecule has 1 fully saturated rings. The molecule has 3 heterocycles. The number of aryl methyl sites for hydroxylation is 2. The number of rotatable bonds is 2. The second kappa shape index (κ2) is 5.79. The van der Waals surface area contributed by atoms with E-state index in [2.05, 4.69) is 9.97 Å². The summed E-state index contributed by atoms with van der Waals surface area (Å²) in [5, 5.41) is 0. The Morgan fingerprint density at radius 3 is 2.57 bits per heavy atom. The summed E-state index contributed by atoms with van der Waals surface area (Å²) in [6.45, 7) is 6.05. The Bertz CT molecular complexity index is 767. The molecule has 1 saturated heterocycles. The molecule has 0 aromatic carbocycles. The lowest BCUT2D eigenvalue weighted by Crippen LogP contribution is -2.49. The molecule has 0 aliphatic carbocycles. The third kappa shape index (κ3) is 2.79. The minimum atomic E-state index is -0.467. The number of piperazine rings is 1. The zero-order valence-corrected chi connectivity index (χ0v) is 13.1. The van der Waals surface area contributed by atoms with Crippen LogP contribution in [0.3, 0.4) is 0 Å². The first kappa shape index (κ1) is 15.1. The normalized spacial score (nSPS) is 15.0. The number of hydrogen-bond donors (Lipinski definition) is 2. The van der Waals surface area contributed by atoms with E-state index >= 15 is 0 Å². The largest absolute Gasteiger partial charge is 0.469 e. The number of H-pyrrole nitrogens is 1. The molecule has 0 bridgehead atoms. The number of carbonyl (C=O) groups is 1. The van der Waals surface area contributed by atoms with Gasteiger partial charge in [-0.15, -0.1) is 0 Å². The fourth-order valence-electron chi connectivity index (χ4n) is 2.85. The molecular formula is C15H19N5O3. The number of amides is 1. The molecule has 0 radical (unpaired) electrons. The molecule has 8 nitrogen and oxygen atoms in total. The molecule has 2 aromatic rings. The van der Waals surface area contributed by atoms with Crippen LogP contribution >= 0.6 is 0 Å². The first-order valence-electron chi connectivity index (χ1n) is 7.41. The Kier molecular flexibility index (Phi) is 3.81. The van der Waals surface area contributed by atoms with Gasteiger partial charge in [0.2, 0.25) is 0 Å². The van der Waals surface area contributed by atoms with Crippen LogP contribution < -0.4 is 16.3 Å². The van der Waals surface area contributed by atoms with Crippen LogP contribution in [0.4, 0.5) is 11.5 Å². The van der Waals surface area contributed by atoms with Gasteiger partial charge < -0.3 is 20.0 Å². The summed E-state index contributed by atoms with van der Waals surface area (Å²) in [7, 11) is 0. The number of nitrogens with zero attached hydrogens (tertiary/aromatic N) is 3. The van der Waals surface area contributed by atoms with E-state index in [9.17, 15) is 9.59 Å². The van der Waals surface area contributed by atoms with E-state index < -0.39 is 5.69 Å². The Labute approximate surface area is 132 Å². The Balaban J connectivity index is 1.71. The number of anilines is 2. The molecule has 0 spiro atoms. The second-order valence-corrected chi connectivity index (χ2v) is 5.62. The highest BCUT2D eigenvalue weighted by Gasteiger charge is 2.26. The van der Waals surface area contributed by atoms with Crippen molar-refractivity contribution in [2.75, 3.05) is 36.8 Å². The van der Waals surface area contributed by atoms with Gasteiger partial charge in [-0.05, 0) is 13.8 Å². The molecular weight excluding hydrogens is 298 g/mol. The molecule has 122 valence electrons. The van der Waals surface area contributed by atoms with Gasteiger partial charge in [0.25, 0.3) is 5.91 Å². The topological polar surface area (TPSA) is 108 Å². The Morgan fingerprint density at radius 1 is 1.30 bits per heavy atom. The molecule has 1 amide bonds. The lowest BCUT2D eigenvalue weighted by atomic mass is 10.1. The number of nitrogens with two attached hydrogens (primary N) is 1. The van der Waals surface area contributed by atoms with Crippen LogP contribution in [-0.2, 0) is 0 Å². The quantitative estimate of drug-likeness (QED) is 0.836. The van der Waals surface area contributed by atoms with Crippen molar-refractivity contribution < 1.29 is 9.21 Å². The lowest BCUT2D eigenvalue weighted by molar-refractivity contribution is 0.0744. The van der Waals surface area contributed by atoms with Gasteiger partial charge in [0, 0.05) is 31.7 Å². The third-order valence-corrected chi connectivity index (χ3v) is 4.10. The maximum absolute atomic E-state index is 12.6. The van der Waals surface area contributed by atoms with Crippen molar-refractivity contribution in [1.29, 1.82) is 0 Å². The number of aromatic amines is 1. The summed E-state index contributed by atoms with van der Waals surface area (Å²) >= 11 is 0. The van der Waals surface area contributed by atoms with Gasteiger partial charge in [-0.1, -0.05) is 0 Å². The van der Waals surface area contributed by atoms with Crippen LogP contribution in [-0.4, -0.2) is 47.0 Å². The van der Waals surface area contributed by atoms with Crippen molar-refractivity contribution in [3.8, 4) is 0 Å². The highest BCUT2D eigenvalue weighted by Crippen LogP contribution is 2.22. The van der Waals surface area contributed by atoms with Crippen LogP contribution in [0.2, 0.25) is 0 Å². The van der Waals surface area contributed by atoms with Crippen LogP contribution in [0.5, 0.6) is 0 Å². The van der Waals surface area contributed by atoms with E-state index in [1.807, 2.05) is 11.8 Å². The maximum Gasteiger partial charge on any atom is 0.346 e. The van der Waals surface area contributed by atoms with Crippen LogP contribution in [0.15, 0.2) is 21.7 Å². The third-order valence-electron chi connectivity index (χ3n) is 4.10. The van der Waals surface area contributed by atoms with E-state index in [1.165, 1.54) is 6.20 Å². The SMILES string of the molecule is Cc1coc(C)c1C(=O)N1CCN(c2cnc(=O)[nH]c2N)CC1. The van der Waals surface area contributed by atoms with E-state index in [-0.39, 0.29) is 5.91 Å². The molecule has 0 saturated carbocycles. The second-order valence-electron chi connectivity index (χ2n) is 5.62. The molecule has 0 unspecified atom stereocenters. The van der Waals surface area contributed by atoms with Gasteiger partial charge in [-0.25, -0.2) is 4.79 Å². The predicted octanol–water partition coefficient (Wildman–Crippen LogP) is 0.524. The van der Waals surface area contributed by atoms with Crippen molar-refractivity contribution in [3.63, 3.8) is 0 Å². The molecule has 3 rings (SSSR count). The van der Waals surface area contributed by atoms with Crippen molar-refractivity contribution >= 4 is 17.4 Å². The smallest absolute Gasteiger partial charge is 0.346 e. The zero-order valence-electron chi connectivity index (χ0n) is 13.1. The summed E-state index contributed by atoms with van der Waals surface area (Å²) in [5.74, 6) is 0.927. The van der Waals surface area contributed by atoms with Crippen molar-refractivity contribution in [1.82, 2.24) is 14.9 Å². The molecule has 3 N–H and O–H groups in total. The summed E-state index contributed by atoms with van der Waals surface area (Å²) in [5.41, 5.74) is 7.55. The number of aromatic nitrogens is 2. The van der Waals surface area contributed by atoms with Crippen LogP contribution in [0, 0.1) is 13.8 Å². The number of carbonyl (C=O) groups excluding carboxylic acids is 1. The zero-order chi connectivity index (χ0) is 16.6. The molecule has 2 aromatic heterocycles. The average Bonchev–Trinajstić information content (AvgIpc) is 2.86. The minimum Gasteiger partial charge on any atom is -0.469 e. The van der Waals surface area contributed by atoms with Gasteiger partial charge in [-0.2, -0.15) is 4.98 Å². The monoisotopic (exact) mass is 317 g/mol. The van der Waals surface area contributed by atoms with Crippen molar-refractivity contribution in [3.05, 3.63) is 39.8 Å². The van der Waals surface area contributed by atoms with E-state index in [0.717, 1.165) is 5.56 Å². The van der Waals surface area contributed by atoms with Gasteiger partial charge >= 0.3 is 5.69 Å². The van der Waals surface area contributed by atoms with Gasteiger partial charge in [0.1, 0.15) is 11.6 Å². The Morgan fingerprint density at radius 2 is 2.00 bits per heavy atom. The molecule has 1 aliphatic heterocycles. The van der Waals surface area contributed by atoms with Crippen molar-refractivity contribution in [2.45, 2.75) is 13.8 Å².